The average Bonchev–Trinajstić information content (AvgIpc) is 3.18. The van der Waals surface area contributed by atoms with Crippen LogP contribution in [0.3, 0.4) is 0 Å². The third kappa shape index (κ3) is 4.92. The first-order valence-corrected chi connectivity index (χ1v) is 10.8. The normalized spacial score (nSPS) is 24.0. The first kappa shape index (κ1) is 20.8. The van der Waals surface area contributed by atoms with Crippen molar-refractivity contribution >= 4 is 11.8 Å². The largest absolute Gasteiger partial charge is 0.353 e. The Kier molecular flexibility index (Phi) is 6.73. The van der Waals surface area contributed by atoms with Crippen LogP contribution < -0.4 is 5.32 Å². The third-order valence-corrected chi connectivity index (χ3v) is 6.08. The van der Waals surface area contributed by atoms with Crippen molar-refractivity contribution in [3.8, 4) is 0 Å². The molecule has 2 amide bonds. The number of nitrogens with zero attached hydrogens (tertiary/aromatic N) is 3. The second-order valence-corrected chi connectivity index (χ2v) is 8.96. The Bertz CT molecular complexity index is 669. The molecule has 0 atom stereocenters. The first-order chi connectivity index (χ1) is 13.3. The van der Waals surface area contributed by atoms with Crippen LogP contribution in [0, 0.1) is 11.8 Å². The molecule has 0 spiro atoms. The van der Waals surface area contributed by atoms with E-state index in [0.29, 0.717) is 0 Å². The van der Waals surface area contributed by atoms with Crippen molar-refractivity contribution in [3.05, 3.63) is 11.7 Å². The van der Waals surface area contributed by atoms with Crippen LogP contribution in [0.2, 0.25) is 0 Å². The van der Waals surface area contributed by atoms with E-state index in [1.807, 2.05) is 18.7 Å². The van der Waals surface area contributed by atoms with E-state index in [-0.39, 0.29) is 41.5 Å². The zero-order chi connectivity index (χ0) is 20.3. The van der Waals surface area contributed by atoms with Gasteiger partial charge in [-0.2, -0.15) is 4.98 Å². The molecule has 1 saturated heterocycles. The summed E-state index contributed by atoms with van der Waals surface area (Å²) >= 11 is 0. The first-order valence-electron chi connectivity index (χ1n) is 10.8. The van der Waals surface area contributed by atoms with Gasteiger partial charge in [-0.15, -0.1) is 0 Å². The number of nitrogens with one attached hydrogen (secondary N) is 1. The van der Waals surface area contributed by atoms with Gasteiger partial charge in [0, 0.05) is 42.8 Å². The van der Waals surface area contributed by atoms with Crippen LogP contribution in [0.4, 0.5) is 0 Å². The lowest BCUT2D eigenvalue weighted by atomic mass is 9.84. The molecule has 1 aromatic rings. The van der Waals surface area contributed by atoms with Gasteiger partial charge in [0.05, 0.1) is 0 Å². The van der Waals surface area contributed by atoms with Gasteiger partial charge in [0.15, 0.2) is 5.82 Å². The summed E-state index contributed by atoms with van der Waals surface area (Å²) in [5, 5.41) is 7.16. The molecule has 7 nitrogen and oxygen atoms in total. The van der Waals surface area contributed by atoms with Crippen LogP contribution in [-0.4, -0.2) is 46.0 Å². The van der Waals surface area contributed by atoms with E-state index < -0.39 is 0 Å². The van der Waals surface area contributed by atoms with Gasteiger partial charge in [-0.3, -0.25) is 9.59 Å². The molecule has 2 heterocycles. The SMILES string of the molecule is CC(C)C(=O)NC1CCC(C(=O)N2CCC(c3nc(C(C)C)no3)CC2)CC1. The highest BCUT2D eigenvalue weighted by Crippen LogP contribution is 2.31. The third-order valence-electron chi connectivity index (χ3n) is 6.08. The number of carbonyl (C=O) groups is 2. The highest BCUT2D eigenvalue weighted by atomic mass is 16.5. The number of likely N-dealkylation sites (tertiary alicyclic amines) is 1. The van der Waals surface area contributed by atoms with Crippen molar-refractivity contribution in [2.75, 3.05) is 13.1 Å². The second kappa shape index (κ2) is 9.05. The number of carbonyl (C=O) groups excluding carboxylic acids is 2. The number of hydrogen-bond acceptors (Lipinski definition) is 5. The molecule has 1 saturated carbocycles. The fourth-order valence-corrected chi connectivity index (χ4v) is 4.11. The fraction of sp³-hybridized carbons (Fsp3) is 0.810. The van der Waals surface area contributed by atoms with Crippen LogP contribution in [0.25, 0.3) is 0 Å². The summed E-state index contributed by atoms with van der Waals surface area (Å²) < 4.78 is 5.44. The number of aromatic nitrogens is 2. The van der Waals surface area contributed by atoms with Crippen molar-refractivity contribution in [3.63, 3.8) is 0 Å². The lowest BCUT2D eigenvalue weighted by Crippen LogP contribution is -2.45. The highest BCUT2D eigenvalue weighted by Gasteiger charge is 2.33. The van der Waals surface area contributed by atoms with E-state index >= 15 is 0 Å². The molecule has 1 aliphatic heterocycles. The van der Waals surface area contributed by atoms with Gasteiger partial charge >= 0.3 is 0 Å². The predicted octanol–water partition coefficient (Wildman–Crippen LogP) is 3.23. The van der Waals surface area contributed by atoms with Crippen LogP contribution in [0.1, 0.15) is 89.8 Å². The average molecular weight is 391 g/mol. The van der Waals surface area contributed by atoms with Crippen molar-refractivity contribution in [2.45, 2.75) is 84.1 Å². The predicted molar refractivity (Wildman–Crippen MR) is 106 cm³/mol. The summed E-state index contributed by atoms with van der Waals surface area (Å²) in [6.45, 7) is 9.44. The number of piperidine rings is 1. The number of amides is 2. The highest BCUT2D eigenvalue weighted by molar-refractivity contribution is 5.79. The van der Waals surface area contributed by atoms with Gasteiger partial charge in [-0.25, -0.2) is 0 Å². The monoisotopic (exact) mass is 390 g/mol. The summed E-state index contributed by atoms with van der Waals surface area (Å²) in [4.78, 5) is 31.3. The molecular weight excluding hydrogens is 356 g/mol. The maximum absolute atomic E-state index is 12.9. The Morgan fingerprint density at radius 2 is 1.68 bits per heavy atom. The summed E-state index contributed by atoms with van der Waals surface area (Å²) in [7, 11) is 0. The lowest BCUT2D eigenvalue weighted by molar-refractivity contribution is -0.137. The zero-order valence-corrected chi connectivity index (χ0v) is 17.6. The van der Waals surface area contributed by atoms with Gasteiger partial charge in [0.2, 0.25) is 17.7 Å². The molecule has 0 radical (unpaired) electrons. The van der Waals surface area contributed by atoms with E-state index in [9.17, 15) is 9.59 Å². The van der Waals surface area contributed by atoms with E-state index in [2.05, 4.69) is 29.3 Å². The van der Waals surface area contributed by atoms with Gasteiger partial charge < -0.3 is 14.7 Å². The van der Waals surface area contributed by atoms with Crippen LogP contribution in [-0.2, 0) is 9.59 Å². The van der Waals surface area contributed by atoms with Crippen LogP contribution in [0.15, 0.2) is 4.52 Å². The van der Waals surface area contributed by atoms with E-state index in [1.54, 1.807) is 0 Å². The van der Waals surface area contributed by atoms with Gasteiger partial charge in [-0.1, -0.05) is 32.9 Å². The summed E-state index contributed by atoms with van der Waals surface area (Å²) in [6.07, 6.45) is 5.28. The molecule has 2 aliphatic rings. The van der Waals surface area contributed by atoms with Crippen LogP contribution in [0.5, 0.6) is 0 Å². The Balaban J connectivity index is 1.44. The molecule has 3 rings (SSSR count). The Morgan fingerprint density at radius 3 is 2.21 bits per heavy atom. The maximum atomic E-state index is 12.9. The van der Waals surface area contributed by atoms with Crippen molar-refractivity contribution < 1.29 is 14.1 Å². The minimum atomic E-state index is 0.0103. The van der Waals surface area contributed by atoms with Gasteiger partial charge in [0.25, 0.3) is 0 Å². The molecule has 1 aromatic heterocycles. The van der Waals surface area contributed by atoms with Crippen molar-refractivity contribution in [1.29, 1.82) is 0 Å². The van der Waals surface area contributed by atoms with Gasteiger partial charge in [0.1, 0.15) is 0 Å². The molecule has 2 fully saturated rings. The Morgan fingerprint density at radius 1 is 1.04 bits per heavy atom. The molecule has 0 aromatic carbocycles. The molecule has 0 unspecified atom stereocenters. The topological polar surface area (TPSA) is 88.3 Å². The molecule has 7 heteroatoms. The molecule has 0 bridgehead atoms. The number of rotatable bonds is 5. The quantitative estimate of drug-likeness (QED) is 0.834. The van der Waals surface area contributed by atoms with Crippen molar-refractivity contribution in [1.82, 2.24) is 20.4 Å². The Hall–Kier alpha value is -1.92. The minimum absolute atomic E-state index is 0.0103. The summed E-state index contributed by atoms with van der Waals surface area (Å²) in [6, 6.07) is 0.220. The molecule has 1 N–H and O–H groups in total. The summed E-state index contributed by atoms with van der Waals surface area (Å²) in [5.41, 5.74) is 0. The Labute approximate surface area is 167 Å². The van der Waals surface area contributed by atoms with E-state index in [4.69, 9.17) is 4.52 Å². The summed E-state index contributed by atoms with van der Waals surface area (Å²) in [5.74, 6) is 2.49. The second-order valence-electron chi connectivity index (χ2n) is 8.96. The molecular formula is C21H34N4O3. The smallest absolute Gasteiger partial charge is 0.229 e. The number of hydrogen-bond donors (Lipinski definition) is 1. The maximum Gasteiger partial charge on any atom is 0.229 e. The molecule has 28 heavy (non-hydrogen) atoms. The standard InChI is InChI=1S/C21H34N4O3/c1-13(2)18-23-20(28-24-18)15-9-11-25(12-10-15)21(27)16-5-7-17(8-6-16)22-19(26)14(3)4/h13-17H,5-12H2,1-4H3,(H,22,26). The minimum Gasteiger partial charge on any atom is -0.353 e. The van der Waals surface area contributed by atoms with E-state index in [1.165, 1.54) is 0 Å². The fourth-order valence-electron chi connectivity index (χ4n) is 4.11. The zero-order valence-electron chi connectivity index (χ0n) is 17.6. The van der Waals surface area contributed by atoms with Gasteiger partial charge in [-0.05, 0) is 38.5 Å². The lowest BCUT2D eigenvalue weighted by Gasteiger charge is -2.35. The van der Waals surface area contributed by atoms with E-state index in [0.717, 1.165) is 63.3 Å². The van der Waals surface area contributed by atoms with Crippen molar-refractivity contribution in [2.24, 2.45) is 11.8 Å². The molecule has 156 valence electrons. The van der Waals surface area contributed by atoms with Crippen LogP contribution >= 0.6 is 0 Å². The molecule has 1 aliphatic carbocycles.